The lowest BCUT2D eigenvalue weighted by Crippen LogP contribution is -2.13. The van der Waals surface area contributed by atoms with Crippen molar-refractivity contribution in [2.24, 2.45) is 4.99 Å². The van der Waals surface area contributed by atoms with Crippen LogP contribution in [0.25, 0.3) is 0 Å². The molecule has 0 aromatic heterocycles. The molecule has 1 aromatic carbocycles. The van der Waals surface area contributed by atoms with Gasteiger partial charge in [-0.15, -0.1) is 0 Å². The Bertz CT molecular complexity index is 507. The third kappa shape index (κ3) is 2.73. The summed E-state index contributed by atoms with van der Waals surface area (Å²) in [5, 5.41) is 24.2. The van der Waals surface area contributed by atoms with E-state index in [1.165, 1.54) is 24.3 Å². The molecule has 0 heterocycles. The quantitative estimate of drug-likeness (QED) is 0.776. The molecule has 0 amide bonds. The Morgan fingerprint density at radius 3 is 2.69 bits per heavy atom. The molecule has 78 valence electrons. The highest BCUT2D eigenvalue weighted by molar-refractivity contribution is 6.03. The molecule has 0 bridgehead atoms. The molecular formula is C11H7FN4. The number of aliphatic imine (C=N–C) groups is 1. The summed E-state index contributed by atoms with van der Waals surface area (Å²) in [5.74, 6) is -0.466. The van der Waals surface area contributed by atoms with Gasteiger partial charge in [0.15, 0.2) is 6.04 Å². The second-order valence-electron chi connectivity index (χ2n) is 2.86. The van der Waals surface area contributed by atoms with Crippen LogP contribution in [-0.2, 0) is 0 Å². The molecule has 4 nitrogen and oxygen atoms in total. The summed E-state index contributed by atoms with van der Waals surface area (Å²) < 4.78 is 13.1. The van der Waals surface area contributed by atoms with Gasteiger partial charge < -0.3 is 0 Å². The van der Waals surface area contributed by atoms with Gasteiger partial charge in [0.25, 0.3) is 0 Å². The Morgan fingerprint density at radius 2 is 2.12 bits per heavy atom. The van der Waals surface area contributed by atoms with Gasteiger partial charge in [-0.2, -0.15) is 10.5 Å². The molecule has 0 radical (unpaired) electrons. The number of benzene rings is 1. The first-order chi connectivity index (χ1) is 7.69. The number of halogens is 1. The summed E-state index contributed by atoms with van der Waals surface area (Å²) in [5.41, 5.74) is -0.247. The molecule has 0 spiro atoms. The van der Waals surface area contributed by atoms with Gasteiger partial charge in [0, 0.05) is 11.8 Å². The Labute approximate surface area is 91.8 Å². The van der Waals surface area contributed by atoms with E-state index in [0.29, 0.717) is 0 Å². The number of nitrogens with one attached hydrogen (secondary N) is 1. The van der Waals surface area contributed by atoms with E-state index in [9.17, 15) is 4.39 Å². The standard InChI is InChI=1S/C11H7FN4/c12-9-4-2-1-3-8(9)7-16-11(6-14)10(15)5-13/h1-4,7,11,15H. The predicted octanol–water partition coefficient (Wildman–Crippen LogP) is 1.68. The van der Waals surface area contributed by atoms with Crippen molar-refractivity contribution in [1.82, 2.24) is 0 Å². The van der Waals surface area contributed by atoms with Crippen molar-refractivity contribution in [3.05, 3.63) is 35.6 Å². The van der Waals surface area contributed by atoms with E-state index in [2.05, 4.69) is 4.99 Å². The molecule has 1 N–H and O–H groups in total. The van der Waals surface area contributed by atoms with Crippen LogP contribution in [0, 0.1) is 33.9 Å². The highest BCUT2D eigenvalue weighted by Gasteiger charge is 2.10. The number of hydrogen-bond acceptors (Lipinski definition) is 4. The van der Waals surface area contributed by atoms with Crippen LogP contribution in [0.4, 0.5) is 4.39 Å². The lowest BCUT2D eigenvalue weighted by atomic mass is 10.2. The summed E-state index contributed by atoms with van der Waals surface area (Å²) in [6, 6.07) is 7.93. The van der Waals surface area contributed by atoms with Crippen molar-refractivity contribution in [3.8, 4) is 12.1 Å². The average molecular weight is 214 g/mol. The summed E-state index contributed by atoms with van der Waals surface area (Å²) >= 11 is 0. The van der Waals surface area contributed by atoms with E-state index in [0.717, 1.165) is 6.21 Å². The average Bonchev–Trinajstić information content (AvgIpc) is 2.31. The minimum atomic E-state index is -1.18. The maximum absolute atomic E-state index is 13.1. The highest BCUT2D eigenvalue weighted by atomic mass is 19.1. The molecular weight excluding hydrogens is 207 g/mol. The van der Waals surface area contributed by atoms with Gasteiger partial charge >= 0.3 is 0 Å². The Kier molecular flexibility index (Phi) is 3.88. The molecule has 0 aliphatic heterocycles. The van der Waals surface area contributed by atoms with Gasteiger partial charge in [0.05, 0.1) is 6.07 Å². The van der Waals surface area contributed by atoms with Crippen LogP contribution in [0.5, 0.6) is 0 Å². The minimum Gasteiger partial charge on any atom is -0.291 e. The summed E-state index contributed by atoms with van der Waals surface area (Å²) in [6.07, 6.45) is 1.15. The number of hydrogen-bond donors (Lipinski definition) is 1. The van der Waals surface area contributed by atoms with E-state index in [1.54, 1.807) is 12.1 Å². The maximum atomic E-state index is 13.1. The zero-order valence-electron chi connectivity index (χ0n) is 8.18. The third-order valence-corrected chi connectivity index (χ3v) is 1.78. The van der Waals surface area contributed by atoms with Crippen LogP contribution in [0.1, 0.15) is 5.56 Å². The van der Waals surface area contributed by atoms with Gasteiger partial charge in [-0.25, -0.2) is 4.39 Å². The first-order valence-electron chi connectivity index (χ1n) is 4.35. The van der Waals surface area contributed by atoms with Gasteiger partial charge in [-0.3, -0.25) is 10.4 Å². The van der Waals surface area contributed by atoms with Gasteiger partial charge in [-0.05, 0) is 6.07 Å². The topological polar surface area (TPSA) is 83.8 Å². The highest BCUT2D eigenvalue weighted by Crippen LogP contribution is 2.03. The van der Waals surface area contributed by atoms with Crippen molar-refractivity contribution < 1.29 is 4.39 Å². The zero-order valence-corrected chi connectivity index (χ0v) is 8.18. The van der Waals surface area contributed by atoms with Crippen LogP contribution in [0.15, 0.2) is 29.3 Å². The molecule has 16 heavy (non-hydrogen) atoms. The van der Waals surface area contributed by atoms with Crippen LogP contribution < -0.4 is 0 Å². The van der Waals surface area contributed by atoms with Crippen molar-refractivity contribution in [3.63, 3.8) is 0 Å². The van der Waals surface area contributed by atoms with Gasteiger partial charge in [0.1, 0.15) is 17.6 Å². The van der Waals surface area contributed by atoms with Crippen molar-refractivity contribution in [1.29, 1.82) is 15.9 Å². The number of rotatable bonds is 3. The molecule has 0 saturated carbocycles. The Balaban J connectivity index is 2.90. The van der Waals surface area contributed by atoms with Crippen LogP contribution in [0.2, 0.25) is 0 Å². The molecule has 1 rings (SSSR count). The minimum absolute atomic E-state index is 0.216. The molecule has 0 aliphatic carbocycles. The third-order valence-electron chi connectivity index (χ3n) is 1.78. The van der Waals surface area contributed by atoms with Crippen LogP contribution >= 0.6 is 0 Å². The molecule has 1 aromatic rings. The summed E-state index contributed by atoms with van der Waals surface area (Å²) in [6.45, 7) is 0. The molecule has 0 saturated heterocycles. The maximum Gasteiger partial charge on any atom is 0.187 e. The fourth-order valence-corrected chi connectivity index (χ4v) is 0.968. The molecule has 5 heteroatoms. The Morgan fingerprint density at radius 1 is 1.44 bits per heavy atom. The van der Waals surface area contributed by atoms with Crippen molar-refractivity contribution in [2.75, 3.05) is 0 Å². The van der Waals surface area contributed by atoms with E-state index in [1.807, 2.05) is 0 Å². The fraction of sp³-hybridized carbons (Fsp3) is 0.0909. The summed E-state index contributed by atoms with van der Waals surface area (Å²) in [4.78, 5) is 3.67. The predicted molar refractivity (Wildman–Crippen MR) is 56.7 cm³/mol. The first-order valence-corrected chi connectivity index (χ1v) is 4.35. The SMILES string of the molecule is N#CC(=N)C(C#N)N=Cc1ccccc1F. The Hall–Kier alpha value is -2.53. The van der Waals surface area contributed by atoms with Crippen molar-refractivity contribution in [2.45, 2.75) is 6.04 Å². The van der Waals surface area contributed by atoms with E-state index < -0.39 is 17.6 Å². The van der Waals surface area contributed by atoms with E-state index in [-0.39, 0.29) is 5.56 Å². The van der Waals surface area contributed by atoms with E-state index >= 15 is 0 Å². The smallest absolute Gasteiger partial charge is 0.187 e. The number of nitriles is 2. The second kappa shape index (κ2) is 5.38. The first kappa shape index (κ1) is 11.5. The molecule has 1 unspecified atom stereocenters. The number of nitrogens with zero attached hydrogens (tertiary/aromatic N) is 3. The van der Waals surface area contributed by atoms with Crippen LogP contribution in [-0.4, -0.2) is 18.0 Å². The van der Waals surface area contributed by atoms with Gasteiger partial charge in [0.2, 0.25) is 0 Å². The zero-order chi connectivity index (χ0) is 12.0. The lowest BCUT2D eigenvalue weighted by Gasteiger charge is -1.98. The van der Waals surface area contributed by atoms with E-state index in [4.69, 9.17) is 15.9 Å². The molecule has 1 atom stereocenters. The second-order valence-corrected chi connectivity index (χ2v) is 2.86. The fourth-order valence-electron chi connectivity index (χ4n) is 0.968. The largest absolute Gasteiger partial charge is 0.291 e. The van der Waals surface area contributed by atoms with Gasteiger partial charge in [-0.1, -0.05) is 18.2 Å². The molecule has 0 fully saturated rings. The van der Waals surface area contributed by atoms with Crippen LogP contribution in [0.3, 0.4) is 0 Å². The lowest BCUT2D eigenvalue weighted by molar-refractivity contribution is 0.626. The molecule has 0 aliphatic rings. The normalized spacial score (nSPS) is 11.7. The monoisotopic (exact) mass is 214 g/mol. The van der Waals surface area contributed by atoms with Crippen molar-refractivity contribution >= 4 is 11.9 Å². The summed E-state index contributed by atoms with van der Waals surface area (Å²) in [7, 11) is 0.